The monoisotopic (exact) mass is 274 g/mol. The number of hydrogen-bond donors (Lipinski definition) is 2. The lowest BCUT2D eigenvalue weighted by atomic mass is 10.1. The van der Waals surface area contributed by atoms with Crippen molar-refractivity contribution in [1.29, 1.82) is 5.26 Å². The van der Waals surface area contributed by atoms with Crippen molar-refractivity contribution in [3.05, 3.63) is 29.3 Å². The standard InChI is InChI=1S/C12H13F3N2O2/c1-19-7-10(6-18)17-11-3-2-9(12(13,14)15)4-8(11)5-16/h2-4,10,17-18H,6-7H2,1H3. The van der Waals surface area contributed by atoms with E-state index in [0.717, 1.165) is 12.1 Å². The van der Waals surface area contributed by atoms with Gasteiger partial charge in [-0.25, -0.2) is 0 Å². The van der Waals surface area contributed by atoms with Crippen molar-refractivity contribution >= 4 is 5.69 Å². The predicted octanol–water partition coefficient (Wildman–Crippen LogP) is 2.00. The number of rotatable bonds is 5. The number of nitrogens with one attached hydrogen (secondary N) is 1. The van der Waals surface area contributed by atoms with Gasteiger partial charge >= 0.3 is 6.18 Å². The van der Waals surface area contributed by atoms with E-state index in [-0.39, 0.29) is 24.5 Å². The predicted molar refractivity (Wildman–Crippen MR) is 62.5 cm³/mol. The van der Waals surface area contributed by atoms with Gasteiger partial charge in [0.2, 0.25) is 0 Å². The molecule has 0 bridgehead atoms. The van der Waals surface area contributed by atoms with Gasteiger partial charge in [-0.2, -0.15) is 18.4 Å². The van der Waals surface area contributed by atoms with Crippen molar-refractivity contribution in [1.82, 2.24) is 0 Å². The Bertz CT molecular complexity index is 469. The summed E-state index contributed by atoms with van der Waals surface area (Å²) in [6, 6.07) is 4.02. The molecule has 4 nitrogen and oxygen atoms in total. The van der Waals surface area contributed by atoms with E-state index < -0.39 is 17.8 Å². The molecule has 0 amide bonds. The molecule has 1 atom stereocenters. The molecule has 1 aromatic rings. The maximum absolute atomic E-state index is 12.5. The molecule has 0 saturated heterocycles. The van der Waals surface area contributed by atoms with E-state index in [9.17, 15) is 13.2 Å². The maximum atomic E-state index is 12.5. The Balaban J connectivity index is 3.00. The van der Waals surface area contributed by atoms with Crippen LogP contribution in [0.5, 0.6) is 0 Å². The minimum atomic E-state index is -4.49. The van der Waals surface area contributed by atoms with E-state index in [2.05, 4.69) is 5.32 Å². The number of aliphatic hydroxyl groups excluding tert-OH is 1. The molecule has 0 heterocycles. The van der Waals surface area contributed by atoms with Crippen LogP contribution in [0.2, 0.25) is 0 Å². The number of ether oxygens (including phenoxy) is 1. The summed E-state index contributed by atoms with van der Waals surface area (Å²) in [5.74, 6) is 0. The fourth-order valence-electron chi connectivity index (χ4n) is 1.50. The minimum absolute atomic E-state index is 0.135. The zero-order valence-corrected chi connectivity index (χ0v) is 10.2. The van der Waals surface area contributed by atoms with Crippen molar-refractivity contribution < 1.29 is 23.0 Å². The fraction of sp³-hybridized carbons (Fsp3) is 0.417. The van der Waals surface area contributed by atoms with Gasteiger partial charge in [0.25, 0.3) is 0 Å². The average molecular weight is 274 g/mol. The van der Waals surface area contributed by atoms with E-state index in [1.807, 2.05) is 0 Å². The van der Waals surface area contributed by atoms with E-state index in [0.29, 0.717) is 0 Å². The molecule has 1 rings (SSSR count). The zero-order chi connectivity index (χ0) is 14.5. The average Bonchev–Trinajstić information content (AvgIpc) is 2.37. The van der Waals surface area contributed by atoms with Gasteiger partial charge in [-0.05, 0) is 18.2 Å². The van der Waals surface area contributed by atoms with Crippen molar-refractivity contribution in [3.8, 4) is 6.07 Å². The first-order valence-electron chi connectivity index (χ1n) is 5.40. The molecule has 104 valence electrons. The highest BCUT2D eigenvalue weighted by Crippen LogP contribution is 2.31. The van der Waals surface area contributed by atoms with Crippen molar-refractivity contribution in [3.63, 3.8) is 0 Å². The maximum Gasteiger partial charge on any atom is 0.416 e. The number of alkyl halides is 3. The number of benzene rings is 1. The van der Waals surface area contributed by atoms with Gasteiger partial charge in [0, 0.05) is 7.11 Å². The second-order valence-corrected chi connectivity index (χ2v) is 3.85. The summed E-state index contributed by atoms with van der Waals surface area (Å²) in [5.41, 5.74) is -0.794. The highest BCUT2D eigenvalue weighted by molar-refractivity contribution is 5.59. The Morgan fingerprint density at radius 2 is 2.16 bits per heavy atom. The third-order valence-electron chi connectivity index (χ3n) is 2.42. The molecule has 2 N–H and O–H groups in total. The lowest BCUT2D eigenvalue weighted by molar-refractivity contribution is -0.137. The third-order valence-corrected chi connectivity index (χ3v) is 2.42. The summed E-state index contributed by atoms with van der Waals surface area (Å²) in [6.45, 7) is -0.0951. The minimum Gasteiger partial charge on any atom is -0.394 e. The van der Waals surface area contributed by atoms with E-state index >= 15 is 0 Å². The van der Waals surface area contributed by atoms with Gasteiger partial charge in [0.15, 0.2) is 0 Å². The first kappa shape index (κ1) is 15.3. The van der Waals surface area contributed by atoms with E-state index in [4.69, 9.17) is 15.1 Å². The topological polar surface area (TPSA) is 65.3 Å². The molecule has 0 saturated carbocycles. The molecular weight excluding hydrogens is 261 g/mol. The Morgan fingerprint density at radius 3 is 2.63 bits per heavy atom. The number of halogens is 3. The van der Waals surface area contributed by atoms with Gasteiger partial charge in [-0.1, -0.05) is 0 Å². The second kappa shape index (κ2) is 6.41. The van der Waals surface area contributed by atoms with Crippen molar-refractivity contribution in [2.24, 2.45) is 0 Å². The first-order valence-corrected chi connectivity index (χ1v) is 5.40. The number of anilines is 1. The summed E-state index contributed by atoms with van der Waals surface area (Å²) in [4.78, 5) is 0. The third kappa shape index (κ3) is 4.12. The normalized spacial score (nSPS) is 12.8. The number of methoxy groups -OCH3 is 1. The van der Waals surface area contributed by atoms with Crippen LogP contribution in [0.1, 0.15) is 11.1 Å². The number of nitrogens with zero attached hydrogens (tertiary/aromatic N) is 1. The molecule has 0 radical (unpaired) electrons. The lowest BCUT2D eigenvalue weighted by Gasteiger charge is -2.18. The highest BCUT2D eigenvalue weighted by Gasteiger charge is 2.31. The van der Waals surface area contributed by atoms with E-state index in [1.165, 1.54) is 13.2 Å². The Labute approximate surface area is 108 Å². The quantitative estimate of drug-likeness (QED) is 0.862. The summed E-state index contributed by atoms with van der Waals surface area (Å²) in [6.07, 6.45) is -4.49. The molecule has 0 aromatic heterocycles. The molecule has 0 aliphatic rings. The van der Waals surface area contributed by atoms with Gasteiger partial charge in [-0.3, -0.25) is 0 Å². The molecule has 7 heteroatoms. The second-order valence-electron chi connectivity index (χ2n) is 3.85. The van der Waals surface area contributed by atoms with Crippen molar-refractivity contribution in [2.45, 2.75) is 12.2 Å². The molecule has 0 aliphatic carbocycles. The molecule has 0 aliphatic heterocycles. The van der Waals surface area contributed by atoms with E-state index in [1.54, 1.807) is 6.07 Å². The summed E-state index contributed by atoms with van der Waals surface area (Å²) in [7, 11) is 1.43. The summed E-state index contributed by atoms with van der Waals surface area (Å²) >= 11 is 0. The van der Waals surface area contributed by atoms with Crippen LogP contribution in [0.15, 0.2) is 18.2 Å². The van der Waals surface area contributed by atoms with Crippen LogP contribution >= 0.6 is 0 Å². The van der Waals surface area contributed by atoms with Crippen LogP contribution in [0, 0.1) is 11.3 Å². The Hall–Kier alpha value is -1.78. The SMILES string of the molecule is COCC(CO)Nc1ccc(C(F)(F)F)cc1C#N. The zero-order valence-electron chi connectivity index (χ0n) is 10.2. The van der Waals surface area contributed by atoms with Gasteiger partial charge in [0.1, 0.15) is 6.07 Å². The van der Waals surface area contributed by atoms with Crippen LogP contribution < -0.4 is 5.32 Å². The molecular formula is C12H13F3N2O2. The fourth-order valence-corrected chi connectivity index (χ4v) is 1.50. The Kier molecular flexibility index (Phi) is 5.15. The smallest absolute Gasteiger partial charge is 0.394 e. The van der Waals surface area contributed by atoms with Crippen LogP contribution in [0.3, 0.4) is 0 Å². The molecule has 19 heavy (non-hydrogen) atoms. The molecule has 1 aromatic carbocycles. The van der Waals surface area contributed by atoms with Gasteiger partial charge in [0.05, 0.1) is 36.1 Å². The van der Waals surface area contributed by atoms with Crippen LogP contribution in [0.4, 0.5) is 18.9 Å². The van der Waals surface area contributed by atoms with Crippen LogP contribution in [-0.2, 0) is 10.9 Å². The Morgan fingerprint density at radius 1 is 1.47 bits per heavy atom. The van der Waals surface area contributed by atoms with Crippen molar-refractivity contribution in [2.75, 3.05) is 25.6 Å². The first-order chi connectivity index (χ1) is 8.92. The number of aliphatic hydroxyl groups is 1. The summed E-state index contributed by atoms with van der Waals surface area (Å²) in [5, 5.41) is 20.7. The van der Waals surface area contributed by atoms with Gasteiger partial charge in [-0.15, -0.1) is 0 Å². The van der Waals surface area contributed by atoms with Crippen LogP contribution in [0.25, 0.3) is 0 Å². The molecule has 0 fully saturated rings. The van der Waals surface area contributed by atoms with Crippen LogP contribution in [-0.4, -0.2) is 31.5 Å². The molecule has 0 spiro atoms. The number of nitriles is 1. The lowest BCUT2D eigenvalue weighted by Crippen LogP contribution is -2.29. The molecule has 1 unspecified atom stereocenters. The van der Waals surface area contributed by atoms with Gasteiger partial charge < -0.3 is 15.2 Å². The summed E-state index contributed by atoms with van der Waals surface area (Å²) < 4.78 is 42.3. The number of hydrogen-bond acceptors (Lipinski definition) is 4. The highest BCUT2D eigenvalue weighted by atomic mass is 19.4. The largest absolute Gasteiger partial charge is 0.416 e.